The molecule has 2 aromatic rings. The molecule has 0 aliphatic carbocycles. The average Bonchev–Trinajstić information content (AvgIpc) is 2.60. The van der Waals surface area contributed by atoms with Crippen LogP contribution >= 0.6 is 0 Å². The Labute approximate surface area is 142 Å². The molecule has 0 radical (unpaired) electrons. The number of carbonyl (C=O) groups excluding carboxylic acids is 1. The summed E-state index contributed by atoms with van der Waals surface area (Å²) in [7, 11) is 0. The van der Waals surface area contributed by atoms with Gasteiger partial charge in [-0.2, -0.15) is 0 Å². The second-order valence-electron chi connectivity index (χ2n) is 5.51. The molecule has 0 N–H and O–H groups in total. The third kappa shape index (κ3) is 4.17. The van der Waals surface area contributed by atoms with Gasteiger partial charge in [0.15, 0.2) is 0 Å². The number of amides is 1. The molecule has 0 spiro atoms. The Kier molecular flexibility index (Phi) is 6.44. The number of aromatic nitrogens is 1. The Morgan fingerprint density at radius 1 is 1.29 bits per heavy atom. The molecule has 0 fully saturated rings. The number of nitrogens with zero attached hydrogens (tertiary/aromatic N) is 2. The smallest absolute Gasteiger partial charge is 0.249 e. The number of hydrogen-bond acceptors (Lipinski definition) is 3. The van der Waals surface area contributed by atoms with E-state index in [1.165, 1.54) is 6.07 Å². The maximum atomic E-state index is 13.7. The first-order chi connectivity index (χ1) is 11.6. The van der Waals surface area contributed by atoms with Crippen LogP contribution in [-0.4, -0.2) is 35.5 Å². The van der Waals surface area contributed by atoms with Gasteiger partial charge in [0.05, 0.1) is 6.04 Å². The van der Waals surface area contributed by atoms with E-state index >= 15 is 0 Å². The molecule has 2 rings (SSSR count). The molecule has 4 nitrogen and oxygen atoms in total. The first kappa shape index (κ1) is 18.1. The van der Waals surface area contributed by atoms with E-state index in [4.69, 9.17) is 4.74 Å². The zero-order valence-electron chi connectivity index (χ0n) is 14.3. The standard InChI is InChI=1S/C19H23FN2O2/c1-4-22(18(23)13-24-5-2)19(16-7-6-10-21-12-16)15-8-9-17(20)14(3)11-15/h6-12,19H,4-5,13H2,1-3H3. The van der Waals surface area contributed by atoms with Gasteiger partial charge in [0.1, 0.15) is 12.4 Å². The third-order valence-corrected chi connectivity index (χ3v) is 3.90. The van der Waals surface area contributed by atoms with Crippen molar-refractivity contribution in [3.05, 3.63) is 65.2 Å². The van der Waals surface area contributed by atoms with Crippen LogP contribution in [0.3, 0.4) is 0 Å². The van der Waals surface area contributed by atoms with Gasteiger partial charge in [-0.1, -0.05) is 18.2 Å². The highest BCUT2D eigenvalue weighted by molar-refractivity contribution is 5.78. The molecule has 0 aliphatic rings. The zero-order valence-corrected chi connectivity index (χ0v) is 14.3. The quantitative estimate of drug-likeness (QED) is 0.780. The number of halogens is 1. The summed E-state index contributed by atoms with van der Waals surface area (Å²) < 4.78 is 18.9. The van der Waals surface area contributed by atoms with E-state index < -0.39 is 0 Å². The van der Waals surface area contributed by atoms with Crippen molar-refractivity contribution in [2.75, 3.05) is 19.8 Å². The van der Waals surface area contributed by atoms with Crippen LogP contribution in [0.2, 0.25) is 0 Å². The summed E-state index contributed by atoms with van der Waals surface area (Å²) in [5.74, 6) is -0.359. The monoisotopic (exact) mass is 330 g/mol. The summed E-state index contributed by atoms with van der Waals surface area (Å²) in [6.45, 7) is 6.52. The van der Waals surface area contributed by atoms with E-state index in [1.54, 1.807) is 36.4 Å². The lowest BCUT2D eigenvalue weighted by Gasteiger charge is -2.31. The lowest BCUT2D eigenvalue weighted by Crippen LogP contribution is -2.38. The largest absolute Gasteiger partial charge is 0.372 e. The SMILES string of the molecule is CCOCC(=O)N(CC)C(c1cccnc1)c1ccc(F)c(C)c1. The molecular weight excluding hydrogens is 307 g/mol. The lowest BCUT2D eigenvalue weighted by molar-refractivity contribution is -0.137. The van der Waals surface area contributed by atoms with E-state index in [0.29, 0.717) is 18.7 Å². The number of carbonyl (C=O) groups is 1. The Hall–Kier alpha value is -2.27. The van der Waals surface area contributed by atoms with Crippen LogP contribution in [0.15, 0.2) is 42.7 Å². The normalized spacial score (nSPS) is 12.0. The van der Waals surface area contributed by atoms with E-state index in [0.717, 1.165) is 11.1 Å². The molecule has 0 saturated heterocycles. The summed E-state index contributed by atoms with van der Waals surface area (Å²) >= 11 is 0. The highest BCUT2D eigenvalue weighted by atomic mass is 19.1. The molecular formula is C19H23FN2O2. The summed E-state index contributed by atoms with van der Waals surface area (Å²) in [6, 6.07) is 8.37. The van der Waals surface area contributed by atoms with Crippen molar-refractivity contribution in [2.45, 2.75) is 26.8 Å². The van der Waals surface area contributed by atoms with Gasteiger partial charge in [-0.25, -0.2) is 4.39 Å². The van der Waals surface area contributed by atoms with Crippen LogP contribution in [0.5, 0.6) is 0 Å². The van der Waals surface area contributed by atoms with E-state index in [1.807, 2.05) is 26.0 Å². The summed E-state index contributed by atoms with van der Waals surface area (Å²) in [5, 5.41) is 0. The number of benzene rings is 1. The van der Waals surface area contributed by atoms with Crippen LogP contribution in [0.1, 0.15) is 36.6 Å². The summed E-state index contributed by atoms with van der Waals surface area (Å²) in [5.41, 5.74) is 2.29. The fraction of sp³-hybridized carbons (Fsp3) is 0.368. The van der Waals surface area contributed by atoms with Crippen LogP contribution in [-0.2, 0) is 9.53 Å². The van der Waals surface area contributed by atoms with Crippen LogP contribution < -0.4 is 0 Å². The predicted octanol–water partition coefficient (Wildman–Crippen LogP) is 3.50. The van der Waals surface area contributed by atoms with Gasteiger partial charge in [-0.3, -0.25) is 9.78 Å². The van der Waals surface area contributed by atoms with Gasteiger partial charge in [0.25, 0.3) is 0 Å². The maximum Gasteiger partial charge on any atom is 0.249 e. The van der Waals surface area contributed by atoms with Crippen LogP contribution in [0, 0.1) is 12.7 Å². The highest BCUT2D eigenvalue weighted by Crippen LogP contribution is 2.29. The molecule has 5 heteroatoms. The van der Waals surface area contributed by atoms with Crippen LogP contribution in [0.25, 0.3) is 0 Å². The van der Waals surface area contributed by atoms with Crippen molar-refractivity contribution < 1.29 is 13.9 Å². The maximum absolute atomic E-state index is 13.7. The number of hydrogen-bond donors (Lipinski definition) is 0. The topological polar surface area (TPSA) is 42.4 Å². The van der Waals surface area contributed by atoms with Crippen LogP contribution in [0.4, 0.5) is 4.39 Å². The molecule has 0 bridgehead atoms. The number of likely N-dealkylation sites (N-methyl/N-ethyl adjacent to an activating group) is 1. The predicted molar refractivity (Wildman–Crippen MR) is 91.1 cm³/mol. The molecule has 0 aliphatic heterocycles. The number of aryl methyl sites for hydroxylation is 1. The molecule has 0 saturated carbocycles. The van der Waals surface area contributed by atoms with Gasteiger partial charge in [0, 0.05) is 25.5 Å². The molecule has 1 atom stereocenters. The number of ether oxygens (including phenoxy) is 1. The fourth-order valence-electron chi connectivity index (χ4n) is 2.70. The van der Waals surface area contributed by atoms with Crippen molar-refractivity contribution in [3.63, 3.8) is 0 Å². The van der Waals surface area contributed by atoms with Crippen molar-refractivity contribution >= 4 is 5.91 Å². The highest BCUT2D eigenvalue weighted by Gasteiger charge is 2.26. The third-order valence-electron chi connectivity index (χ3n) is 3.90. The van der Waals surface area contributed by atoms with Gasteiger partial charge in [-0.05, 0) is 49.6 Å². The molecule has 1 heterocycles. The minimum absolute atomic E-state index is 0.0290. The number of rotatable bonds is 7. The van der Waals surface area contributed by atoms with Gasteiger partial charge in [-0.15, -0.1) is 0 Å². The lowest BCUT2D eigenvalue weighted by atomic mass is 9.96. The van der Waals surface area contributed by atoms with Gasteiger partial charge < -0.3 is 9.64 Å². The zero-order chi connectivity index (χ0) is 17.5. The Balaban J connectivity index is 2.45. The van der Waals surface area contributed by atoms with Crippen molar-refractivity contribution in [1.29, 1.82) is 0 Å². The summed E-state index contributed by atoms with van der Waals surface area (Å²) in [6.07, 6.45) is 3.43. The van der Waals surface area contributed by atoms with E-state index in [-0.39, 0.29) is 24.4 Å². The Morgan fingerprint density at radius 2 is 2.08 bits per heavy atom. The molecule has 128 valence electrons. The van der Waals surface area contributed by atoms with E-state index in [2.05, 4.69) is 4.98 Å². The van der Waals surface area contributed by atoms with Crippen molar-refractivity contribution in [3.8, 4) is 0 Å². The molecule has 24 heavy (non-hydrogen) atoms. The minimum atomic E-state index is -0.323. The van der Waals surface area contributed by atoms with Crippen molar-refractivity contribution in [1.82, 2.24) is 9.88 Å². The summed E-state index contributed by atoms with van der Waals surface area (Å²) in [4.78, 5) is 18.5. The minimum Gasteiger partial charge on any atom is -0.372 e. The average molecular weight is 330 g/mol. The Bertz CT molecular complexity index is 676. The molecule has 1 unspecified atom stereocenters. The first-order valence-corrected chi connectivity index (χ1v) is 8.11. The second-order valence-corrected chi connectivity index (χ2v) is 5.51. The second kappa shape index (κ2) is 8.55. The van der Waals surface area contributed by atoms with E-state index in [9.17, 15) is 9.18 Å². The molecule has 1 aromatic carbocycles. The first-order valence-electron chi connectivity index (χ1n) is 8.11. The Morgan fingerprint density at radius 3 is 2.67 bits per heavy atom. The fourth-order valence-corrected chi connectivity index (χ4v) is 2.70. The molecule has 1 aromatic heterocycles. The molecule has 1 amide bonds. The van der Waals surface area contributed by atoms with Crippen molar-refractivity contribution in [2.24, 2.45) is 0 Å². The van der Waals surface area contributed by atoms with Gasteiger partial charge >= 0.3 is 0 Å². The van der Waals surface area contributed by atoms with Gasteiger partial charge in [0.2, 0.25) is 5.91 Å². The number of pyridine rings is 1.